The first kappa shape index (κ1) is 15.9. The molecular formula is C12H17NO7. The minimum atomic E-state index is -1.26. The fraction of sp³-hybridized carbons (Fsp3) is 0.667. The van der Waals surface area contributed by atoms with Crippen molar-refractivity contribution in [1.82, 2.24) is 5.06 Å². The highest BCUT2D eigenvalue weighted by Gasteiger charge is 2.34. The van der Waals surface area contributed by atoms with Crippen molar-refractivity contribution in [3.8, 4) is 0 Å². The van der Waals surface area contributed by atoms with Crippen LogP contribution in [0.25, 0.3) is 0 Å². The van der Waals surface area contributed by atoms with Crippen LogP contribution in [-0.4, -0.2) is 35.3 Å². The van der Waals surface area contributed by atoms with Gasteiger partial charge in [-0.15, -0.1) is 0 Å². The largest absolute Gasteiger partial charge is 0.537 e. The molecular weight excluding hydrogens is 270 g/mol. The summed E-state index contributed by atoms with van der Waals surface area (Å²) in [7, 11) is 0. The summed E-state index contributed by atoms with van der Waals surface area (Å²) >= 11 is 0. The molecule has 8 heteroatoms. The lowest BCUT2D eigenvalue weighted by Crippen LogP contribution is -2.34. The predicted octanol–water partition coefficient (Wildman–Crippen LogP) is 1.28. The second-order valence-corrected chi connectivity index (χ2v) is 4.12. The van der Waals surface area contributed by atoms with E-state index in [0.717, 1.165) is 0 Å². The molecule has 1 aliphatic rings. The van der Waals surface area contributed by atoms with Crippen LogP contribution in [0.4, 0.5) is 4.79 Å². The van der Waals surface area contributed by atoms with Crippen molar-refractivity contribution >= 4 is 23.9 Å². The molecule has 1 heterocycles. The van der Waals surface area contributed by atoms with E-state index in [0.29, 0.717) is 11.5 Å². The van der Waals surface area contributed by atoms with Crippen molar-refractivity contribution in [2.24, 2.45) is 0 Å². The van der Waals surface area contributed by atoms with Gasteiger partial charge in [0.05, 0.1) is 0 Å². The maximum Gasteiger partial charge on any atom is 0.537 e. The van der Waals surface area contributed by atoms with Gasteiger partial charge in [0.15, 0.2) is 0 Å². The van der Waals surface area contributed by atoms with Crippen molar-refractivity contribution in [2.45, 2.75) is 52.2 Å². The topological polar surface area (TPSA) is 99.2 Å². The smallest absolute Gasteiger partial charge is 0.425 e. The Hall–Kier alpha value is -2.12. The number of nitrogens with zero attached hydrogens (tertiary/aromatic N) is 1. The first-order valence-electron chi connectivity index (χ1n) is 6.41. The quantitative estimate of drug-likeness (QED) is 0.412. The number of hydroxylamine groups is 2. The minimum Gasteiger partial charge on any atom is -0.425 e. The van der Waals surface area contributed by atoms with E-state index < -0.39 is 30.2 Å². The molecule has 0 aliphatic carbocycles. The fourth-order valence-electron chi connectivity index (χ4n) is 1.46. The average molecular weight is 287 g/mol. The number of hydrogen-bond donors (Lipinski definition) is 0. The zero-order valence-electron chi connectivity index (χ0n) is 11.4. The Balaban J connectivity index is 2.45. The van der Waals surface area contributed by atoms with Crippen molar-refractivity contribution < 1.29 is 33.5 Å². The lowest BCUT2D eigenvalue weighted by Gasteiger charge is -2.18. The number of hydrogen-bond acceptors (Lipinski definition) is 7. The molecule has 8 nitrogen and oxygen atoms in total. The summed E-state index contributed by atoms with van der Waals surface area (Å²) in [4.78, 5) is 49.6. The Kier molecular flexibility index (Phi) is 5.95. The molecule has 1 aliphatic heterocycles. The first-order valence-corrected chi connectivity index (χ1v) is 6.41. The normalized spacial score (nSPS) is 16.0. The average Bonchev–Trinajstić information content (AvgIpc) is 2.70. The van der Waals surface area contributed by atoms with Gasteiger partial charge in [-0.05, 0) is 6.42 Å². The summed E-state index contributed by atoms with van der Waals surface area (Å²) in [5.74, 6) is -1.72. The lowest BCUT2D eigenvalue weighted by atomic mass is 10.3. The summed E-state index contributed by atoms with van der Waals surface area (Å²) in [6.07, 6.45) is -1.33. The Morgan fingerprint density at radius 2 is 1.75 bits per heavy atom. The van der Waals surface area contributed by atoms with Gasteiger partial charge in [-0.25, -0.2) is 4.79 Å². The van der Waals surface area contributed by atoms with Crippen molar-refractivity contribution in [3.05, 3.63) is 0 Å². The molecule has 1 unspecified atom stereocenters. The van der Waals surface area contributed by atoms with Gasteiger partial charge >= 0.3 is 12.1 Å². The Morgan fingerprint density at radius 1 is 1.15 bits per heavy atom. The Labute approximate surface area is 115 Å². The fourth-order valence-corrected chi connectivity index (χ4v) is 1.46. The number of imide groups is 1. The molecule has 1 rings (SSSR count). The van der Waals surface area contributed by atoms with Gasteiger partial charge < -0.3 is 9.47 Å². The van der Waals surface area contributed by atoms with Crippen LogP contribution in [0.3, 0.4) is 0 Å². The molecule has 0 N–H and O–H groups in total. The molecule has 0 bridgehead atoms. The minimum absolute atomic E-state index is 0.00515. The summed E-state index contributed by atoms with van der Waals surface area (Å²) in [5.41, 5.74) is 0. The second kappa shape index (κ2) is 7.46. The lowest BCUT2D eigenvalue weighted by molar-refractivity contribution is -0.193. The molecule has 112 valence electrons. The van der Waals surface area contributed by atoms with Crippen molar-refractivity contribution in [2.75, 3.05) is 0 Å². The van der Waals surface area contributed by atoms with Crippen molar-refractivity contribution in [1.29, 1.82) is 0 Å². The summed E-state index contributed by atoms with van der Waals surface area (Å²) < 4.78 is 9.60. The highest BCUT2D eigenvalue weighted by atomic mass is 16.9. The van der Waals surface area contributed by atoms with Crippen LogP contribution in [-0.2, 0) is 28.7 Å². The molecule has 1 fully saturated rings. The SMILES string of the molecule is CCCC(=O)OC(CC)OC(=O)ON1C(=O)CCC1=O. The van der Waals surface area contributed by atoms with E-state index in [1.54, 1.807) is 6.92 Å². The second-order valence-electron chi connectivity index (χ2n) is 4.12. The molecule has 0 saturated carbocycles. The number of carbonyl (C=O) groups excluding carboxylic acids is 4. The van der Waals surface area contributed by atoms with E-state index in [4.69, 9.17) is 9.47 Å². The van der Waals surface area contributed by atoms with Crippen LogP contribution >= 0.6 is 0 Å². The summed E-state index contributed by atoms with van der Waals surface area (Å²) in [6, 6.07) is 0. The molecule has 2 amide bonds. The molecule has 20 heavy (non-hydrogen) atoms. The zero-order valence-corrected chi connectivity index (χ0v) is 11.4. The number of rotatable bonds is 6. The zero-order chi connectivity index (χ0) is 15.1. The highest BCUT2D eigenvalue weighted by Crippen LogP contribution is 2.13. The van der Waals surface area contributed by atoms with Gasteiger partial charge in [-0.2, -0.15) is 0 Å². The number of carbonyl (C=O) groups is 4. The number of ether oxygens (including phenoxy) is 2. The first-order chi connectivity index (χ1) is 9.47. The third-order valence-corrected chi connectivity index (χ3v) is 2.45. The molecule has 0 aromatic rings. The predicted molar refractivity (Wildman–Crippen MR) is 63.7 cm³/mol. The van der Waals surface area contributed by atoms with E-state index in [9.17, 15) is 19.2 Å². The van der Waals surface area contributed by atoms with Gasteiger partial charge in [0, 0.05) is 25.7 Å². The third kappa shape index (κ3) is 4.52. The van der Waals surface area contributed by atoms with Gasteiger partial charge in [0.2, 0.25) is 0 Å². The van der Waals surface area contributed by atoms with E-state index in [1.807, 2.05) is 6.92 Å². The van der Waals surface area contributed by atoms with Crippen LogP contribution in [0.2, 0.25) is 0 Å². The maximum absolute atomic E-state index is 11.4. The number of esters is 1. The van der Waals surface area contributed by atoms with Gasteiger partial charge in [-0.3, -0.25) is 19.2 Å². The van der Waals surface area contributed by atoms with Crippen LogP contribution in [0.1, 0.15) is 46.0 Å². The Morgan fingerprint density at radius 3 is 2.25 bits per heavy atom. The van der Waals surface area contributed by atoms with Crippen LogP contribution in [0, 0.1) is 0 Å². The highest BCUT2D eigenvalue weighted by molar-refractivity contribution is 6.01. The van der Waals surface area contributed by atoms with Gasteiger partial charge in [0.25, 0.3) is 18.1 Å². The van der Waals surface area contributed by atoms with E-state index in [2.05, 4.69) is 4.84 Å². The molecule has 0 radical (unpaired) electrons. The third-order valence-electron chi connectivity index (χ3n) is 2.45. The number of amides is 2. The van der Waals surface area contributed by atoms with E-state index >= 15 is 0 Å². The van der Waals surface area contributed by atoms with Crippen LogP contribution in [0.5, 0.6) is 0 Å². The van der Waals surface area contributed by atoms with E-state index in [1.165, 1.54) is 0 Å². The van der Waals surface area contributed by atoms with Crippen LogP contribution in [0.15, 0.2) is 0 Å². The Bertz CT molecular complexity index is 391. The van der Waals surface area contributed by atoms with Gasteiger partial charge in [-0.1, -0.05) is 18.9 Å². The standard InChI is InChI=1S/C12H17NO7/c1-3-5-10(16)18-11(4-2)19-12(17)20-13-8(14)6-7-9(13)15/h11H,3-7H2,1-2H3. The molecule has 0 aromatic carbocycles. The van der Waals surface area contributed by atoms with Crippen LogP contribution < -0.4 is 0 Å². The molecule has 0 aromatic heterocycles. The molecule has 0 spiro atoms. The summed E-state index contributed by atoms with van der Waals surface area (Å²) in [6.45, 7) is 3.45. The summed E-state index contributed by atoms with van der Waals surface area (Å²) in [5, 5.41) is 0.364. The van der Waals surface area contributed by atoms with Gasteiger partial charge in [0.1, 0.15) is 0 Å². The maximum atomic E-state index is 11.4. The monoisotopic (exact) mass is 287 g/mol. The van der Waals surface area contributed by atoms with Crippen molar-refractivity contribution in [3.63, 3.8) is 0 Å². The molecule has 1 saturated heterocycles. The molecule has 1 atom stereocenters. The van der Waals surface area contributed by atoms with E-state index in [-0.39, 0.29) is 25.7 Å².